The van der Waals surface area contributed by atoms with E-state index in [1.165, 1.54) is 0 Å². The molecule has 0 saturated heterocycles. The molecule has 1 fully saturated rings. The van der Waals surface area contributed by atoms with Crippen molar-refractivity contribution in [3.8, 4) is 0 Å². The highest BCUT2D eigenvalue weighted by molar-refractivity contribution is 6.38. The number of aryl methyl sites for hydroxylation is 1. The standard InChI is InChI=1S/C26H39N3O7/c1-18(2)17-22(29-26(33)36-16-15-35-14-13-34-3)24(31)28-21(12-9-19-7-5-4-6-8-19)23(30)25(32)27-20-10-11-20/h4-8,18,20-22H,9-17H2,1-3H3,(H,27,32)(H,28,31)(H,29,33)/t21-,22-/m0/s1. The zero-order valence-electron chi connectivity index (χ0n) is 21.4. The average Bonchev–Trinajstić information content (AvgIpc) is 3.67. The maximum atomic E-state index is 13.1. The Morgan fingerprint density at radius 1 is 0.944 bits per heavy atom. The van der Waals surface area contributed by atoms with Gasteiger partial charge < -0.3 is 30.2 Å². The Balaban J connectivity index is 1.98. The molecule has 10 heteroatoms. The van der Waals surface area contributed by atoms with E-state index < -0.39 is 35.8 Å². The lowest BCUT2D eigenvalue weighted by molar-refractivity contribution is -0.140. The number of benzene rings is 1. The van der Waals surface area contributed by atoms with E-state index in [0.717, 1.165) is 18.4 Å². The number of Topliss-reactive ketones (excluding diaryl/α,β-unsaturated/α-hetero) is 1. The molecule has 0 aromatic heterocycles. The maximum absolute atomic E-state index is 13.1. The van der Waals surface area contributed by atoms with Crippen LogP contribution in [0.2, 0.25) is 0 Å². The largest absolute Gasteiger partial charge is 0.447 e. The Morgan fingerprint density at radius 3 is 2.28 bits per heavy atom. The molecule has 36 heavy (non-hydrogen) atoms. The first-order valence-electron chi connectivity index (χ1n) is 12.5. The van der Waals surface area contributed by atoms with Gasteiger partial charge in [-0.25, -0.2) is 4.79 Å². The fourth-order valence-corrected chi connectivity index (χ4v) is 3.46. The minimum absolute atomic E-state index is 0.0189. The van der Waals surface area contributed by atoms with Crippen LogP contribution in [0.1, 0.15) is 45.1 Å². The molecular formula is C26H39N3O7. The summed E-state index contributed by atoms with van der Waals surface area (Å²) in [6.07, 6.45) is 2.02. The Kier molecular flexibility index (Phi) is 12.9. The molecule has 0 aliphatic heterocycles. The molecule has 1 saturated carbocycles. The van der Waals surface area contributed by atoms with Gasteiger partial charge in [0.15, 0.2) is 0 Å². The number of rotatable bonds is 17. The van der Waals surface area contributed by atoms with E-state index in [4.69, 9.17) is 14.2 Å². The van der Waals surface area contributed by atoms with E-state index >= 15 is 0 Å². The highest BCUT2D eigenvalue weighted by atomic mass is 16.6. The van der Waals surface area contributed by atoms with Crippen molar-refractivity contribution in [1.82, 2.24) is 16.0 Å². The number of amides is 3. The van der Waals surface area contributed by atoms with Gasteiger partial charge in [0, 0.05) is 13.2 Å². The lowest BCUT2D eigenvalue weighted by Gasteiger charge is -2.23. The van der Waals surface area contributed by atoms with Crippen molar-refractivity contribution in [3.05, 3.63) is 35.9 Å². The van der Waals surface area contributed by atoms with E-state index in [-0.39, 0.29) is 31.6 Å². The van der Waals surface area contributed by atoms with Gasteiger partial charge in [-0.2, -0.15) is 0 Å². The van der Waals surface area contributed by atoms with E-state index in [1.54, 1.807) is 7.11 Å². The molecule has 1 aliphatic carbocycles. The summed E-state index contributed by atoms with van der Waals surface area (Å²) in [5, 5.41) is 7.97. The monoisotopic (exact) mass is 505 g/mol. The summed E-state index contributed by atoms with van der Waals surface area (Å²) in [5.41, 5.74) is 0.986. The Bertz CT molecular complexity index is 843. The minimum Gasteiger partial charge on any atom is -0.447 e. The van der Waals surface area contributed by atoms with Gasteiger partial charge in [0.1, 0.15) is 12.6 Å². The normalized spacial score (nSPS) is 14.6. The zero-order valence-corrected chi connectivity index (χ0v) is 21.4. The Labute approximate surface area is 212 Å². The van der Waals surface area contributed by atoms with Crippen molar-refractivity contribution in [3.63, 3.8) is 0 Å². The summed E-state index contributed by atoms with van der Waals surface area (Å²) in [6.45, 7) is 4.86. The fourth-order valence-electron chi connectivity index (χ4n) is 3.46. The molecule has 1 aliphatic rings. The average molecular weight is 506 g/mol. The Hall–Kier alpha value is -2.98. The molecule has 0 radical (unpaired) electrons. The summed E-state index contributed by atoms with van der Waals surface area (Å²) in [5.74, 6) is -1.85. The van der Waals surface area contributed by atoms with Gasteiger partial charge in [-0.05, 0) is 43.6 Å². The van der Waals surface area contributed by atoms with Gasteiger partial charge >= 0.3 is 6.09 Å². The first-order valence-corrected chi connectivity index (χ1v) is 12.5. The fraction of sp³-hybridized carbons (Fsp3) is 0.615. The third-order valence-electron chi connectivity index (χ3n) is 5.54. The molecule has 3 N–H and O–H groups in total. The quantitative estimate of drug-likeness (QED) is 0.217. The first kappa shape index (κ1) is 29.3. The summed E-state index contributed by atoms with van der Waals surface area (Å²) in [6, 6.07) is 7.60. The lowest BCUT2D eigenvalue weighted by Crippen LogP contribution is -2.54. The van der Waals surface area contributed by atoms with Crippen molar-refractivity contribution in [2.45, 2.75) is 64.1 Å². The molecule has 1 aromatic rings. The van der Waals surface area contributed by atoms with E-state index in [9.17, 15) is 19.2 Å². The van der Waals surface area contributed by atoms with Gasteiger partial charge in [0.2, 0.25) is 11.7 Å². The maximum Gasteiger partial charge on any atom is 0.407 e. The number of hydrogen-bond acceptors (Lipinski definition) is 7. The van der Waals surface area contributed by atoms with Crippen LogP contribution in [0.3, 0.4) is 0 Å². The van der Waals surface area contributed by atoms with Crippen LogP contribution in [0.4, 0.5) is 4.79 Å². The molecule has 0 spiro atoms. The second-order valence-corrected chi connectivity index (χ2v) is 9.26. The van der Waals surface area contributed by atoms with Crippen LogP contribution in [0.5, 0.6) is 0 Å². The predicted octanol–water partition coefficient (Wildman–Crippen LogP) is 1.76. The predicted molar refractivity (Wildman–Crippen MR) is 133 cm³/mol. The van der Waals surface area contributed by atoms with E-state index in [1.807, 2.05) is 44.2 Å². The smallest absolute Gasteiger partial charge is 0.407 e. The van der Waals surface area contributed by atoms with Crippen molar-refractivity contribution < 1.29 is 33.4 Å². The molecule has 3 amide bonds. The van der Waals surface area contributed by atoms with Gasteiger partial charge in [-0.1, -0.05) is 44.2 Å². The van der Waals surface area contributed by atoms with Gasteiger partial charge in [0.05, 0.1) is 25.9 Å². The highest BCUT2D eigenvalue weighted by Crippen LogP contribution is 2.18. The SMILES string of the molecule is COCCOCCOC(=O)N[C@@H](CC(C)C)C(=O)N[C@@H](CCc1ccccc1)C(=O)C(=O)NC1CC1. The highest BCUT2D eigenvalue weighted by Gasteiger charge is 2.33. The number of alkyl carbamates (subject to hydrolysis) is 1. The second kappa shape index (κ2) is 15.9. The van der Waals surface area contributed by atoms with Crippen molar-refractivity contribution in [2.24, 2.45) is 5.92 Å². The third-order valence-corrected chi connectivity index (χ3v) is 5.54. The zero-order chi connectivity index (χ0) is 26.3. The van der Waals surface area contributed by atoms with Crippen molar-refractivity contribution >= 4 is 23.7 Å². The van der Waals surface area contributed by atoms with Crippen LogP contribution < -0.4 is 16.0 Å². The van der Waals surface area contributed by atoms with Crippen LogP contribution in [-0.4, -0.2) is 75.4 Å². The number of carbonyl (C=O) groups is 4. The molecule has 2 rings (SSSR count). The summed E-state index contributed by atoms with van der Waals surface area (Å²) in [7, 11) is 1.56. The molecular weight excluding hydrogens is 466 g/mol. The number of methoxy groups -OCH3 is 1. The molecule has 1 aromatic carbocycles. The van der Waals surface area contributed by atoms with Crippen LogP contribution in [0.25, 0.3) is 0 Å². The van der Waals surface area contributed by atoms with Crippen molar-refractivity contribution in [2.75, 3.05) is 33.5 Å². The molecule has 0 unspecified atom stereocenters. The van der Waals surface area contributed by atoms with Gasteiger partial charge in [-0.3, -0.25) is 14.4 Å². The number of nitrogens with one attached hydrogen (secondary N) is 3. The summed E-state index contributed by atoms with van der Waals surface area (Å²) < 4.78 is 15.2. The van der Waals surface area contributed by atoms with E-state index in [2.05, 4.69) is 16.0 Å². The first-order chi connectivity index (χ1) is 17.3. The number of ketones is 1. The molecule has 200 valence electrons. The van der Waals surface area contributed by atoms with E-state index in [0.29, 0.717) is 26.1 Å². The summed E-state index contributed by atoms with van der Waals surface area (Å²) in [4.78, 5) is 50.8. The topological polar surface area (TPSA) is 132 Å². The molecule has 2 atom stereocenters. The minimum atomic E-state index is -1.02. The molecule has 0 heterocycles. The van der Waals surface area contributed by atoms with Crippen LogP contribution in [0, 0.1) is 5.92 Å². The summed E-state index contributed by atoms with van der Waals surface area (Å²) >= 11 is 0. The van der Waals surface area contributed by atoms with Crippen LogP contribution >= 0.6 is 0 Å². The third kappa shape index (κ3) is 11.6. The molecule has 0 bridgehead atoms. The Morgan fingerprint density at radius 2 is 1.64 bits per heavy atom. The number of hydrogen-bond donors (Lipinski definition) is 3. The van der Waals surface area contributed by atoms with Crippen LogP contribution in [-0.2, 0) is 35.0 Å². The molecule has 10 nitrogen and oxygen atoms in total. The van der Waals surface area contributed by atoms with Crippen molar-refractivity contribution in [1.29, 1.82) is 0 Å². The lowest BCUT2D eigenvalue weighted by atomic mass is 9.99. The van der Waals surface area contributed by atoms with Gasteiger partial charge in [-0.15, -0.1) is 0 Å². The number of ether oxygens (including phenoxy) is 3. The van der Waals surface area contributed by atoms with Crippen LogP contribution in [0.15, 0.2) is 30.3 Å². The van der Waals surface area contributed by atoms with Gasteiger partial charge in [0.25, 0.3) is 5.91 Å². The second-order valence-electron chi connectivity index (χ2n) is 9.26. The number of carbonyl (C=O) groups excluding carboxylic acids is 4.